The molecule has 0 unspecified atom stereocenters. The van der Waals surface area contributed by atoms with Crippen LogP contribution >= 0.6 is 0 Å². The van der Waals surface area contributed by atoms with Crippen molar-refractivity contribution < 1.29 is 14.3 Å². The lowest BCUT2D eigenvalue weighted by atomic mass is 10.0. The van der Waals surface area contributed by atoms with E-state index in [4.69, 9.17) is 9.47 Å². The highest BCUT2D eigenvalue weighted by molar-refractivity contribution is 6.05. The summed E-state index contributed by atoms with van der Waals surface area (Å²) in [5.74, 6) is 0.737. The number of para-hydroxylation sites is 2. The molecule has 7 rings (SSSR count). The summed E-state index contributed by atoms with van der Waals surface area (Å²) < 4.78 is 11.0. The van der Waals surface area contributed by atoms with Gasteiger partial charge < -0.3 is 14.8 Å². The van der Waals surface area contributed by atoms with Gasteiger partial charge in [-0.3, -0.25) is 19.7 Å². The van der Waals surface area contributed by atoms with Crippen LogP contribution in [0.1, 0.15) is 27.2 Å². The molecule has 46 heavy (non-hydrogen) atoms. The first kappa shape index (κ1) is 29.0. The number of pyridine rings is 1. The fourth-order valence-electron chi connectivity index (χ4n) is 5.56. The lowest BCUT2D eigenvalue weighted by Crippen LogP contribution is -2.32. The Morgan fingerprint density at radius 3 is 2.57 bits per heavy atom. The zero-order valence-electron chi connectivity index (χ0n) is 25.4. The lowest BCUT2D eigenvalue weighted by molar-refractivity contribution is 0.102. The van der Waals surface area contributed by atoms with Gasteiger partial charge in [-0.2, -0.15) is 0 Å². The summed E-state index contributed by atoms with van der Waals surface area (Å²) in [5, 5.41) is 16.2. The summed E-state index contributed by atoms with van der Waals surface area (Å²) in [6.45, 7) is 2.97. The van der Waals surface area contributed by atoms with Crippen molar-refractivity contribution >= 4 is 22.6 Å². The molecule has 6 aromatic rings. The van der Waals surface area contributed by atoms with E-state index < -0.39 is 5.91 Å². The molecule has 1 N–H and O–H groups in total. The van der Waals surface area contributed by atoms with Crippen molar-refractivity contribution in [3.63, 3.8) is 0 Å². The quantitative estimate of drug-likeness (QED) is 0.248. The Morgan fingerprint density at radius 1 is 0.935 bits per heavy atom. The van der Waals surface area contributed by atoms with Crippen LogP contribution in [-0.4, -0.2) is 73.3 Å². The number of fused-ring (bicyclic) bond motifs is 2. The highest BCUT2D eigenvalue weighted by Gasteiger charge is 2.21. The van der Waals surface area contributed by atoms with Gasteiger partial charge in [0.05, 0.1) is 48.4 Å². The number of hydrogen-bond donors (Lipinski definition) is 1. The van der Waals surface area contributed by atoms with Crippen LogP contribution in [0.25, 0.3) is 28.1 Å². The Labute approximate surface area is 265 Å². The molecule has 3 aromatic carbocycles. The number of tetrazole rings is 1. The minimum Gasteiger partial charge on any atom is -0.493 e. The number of amides is 1. The summed E-state index contributed by atoms with van der Waals surface area (Å²) in [6.07, 6.45) is 7.27. The number of rotatable bonds is 9. The van der Waals surface area contributed by atoms with E-state index in [1.807, 2.05) is 48.8 Å². The van der Waals surface area contributed by atoms with Gasteiger partial charge in [0.1, 0.15) is 5.69 Å². The first-order valence-corrected chi connectivity index (χ1v) is 14.9. The molecule has 1 aliphatic heterocycles. The molecule has 0 saturated heterocycles. The van der Waals surface area contributed by atoms with Gasteiger partial charge in [0.15, 0.2) is 11.5 Å². The van der Waals surface area contributed by atoms with E-state index in [0.717, 1.165) is 38.2 Å². The minimum atomic E-state index is -0.444. The van der Waals surface area contributed by atoms with Gasteiger partial charge in [-0.15, -0.1) is 15.0 Å². The smallest absolute Gasteiger partial charge is 0.275 e. The maximum Gasteiger partial charge on any atom is 0.275 e. The molecular weight excluding hydrogens is 582 g/mol. The summed E-state index contributed by atoms with van der Waals surface area (Å²) in [7, 11) is 3.07. The normalized spacial score (nSPS) is 12.9. The van der Waals surface area contributed by atoms with Gasteiger partial charge in [0.2, 0.25) is 5.82 Å². The van der Waals surface area contributed by atoms with Crippen molar-refractivity contribution in [2.75, 3.05) is 32.6 Å². The number of nitrogens with zero attached hydrogens (tertiary/aromatic N) is 8. The number of carbonyl (C=O) groups is 1. The number of benzene rings is 3. The number of ether oxygens (including phenoxy) is 2. The predicted octanol–water partition coefficient (Wildman–Crippen LogP) is 4.54. The Hall–Kier alpha value is -5.75. The molecule has 1 amide bonds. The van der Waals surface area contributed by atoms with Crippen molar-refractivity contribution in [1.29, 1.82) is 0 Å². The van der Waals surface area contributed by atoms with Gasteiger partial charge in [-0.25, -0.2) is 4.98 Å². The number of aromatic nitrogens is 7. The average Bonchev–Trinajstić information content (AvgIpc) is 3.60. The Balaban J connectivity index is 1.09. The van der Waals surface area contributed by atoms with E-state index in [0.29, 0.717) is 39.6 Å². The van der Waals surface area contributed by atoms with Crippen molar-refractivity contribution in [2.45, 2.75) is 19.4 Å². The van der Waals surface area contributed by atoms with Crippen molar-refractivity contribution in [1.82, 2.24) is 40.1 Å². The fourth-order valence-corrected chi connectivity index (χ4v) is 5.56. The molecule has 0 spiro atoms. The average molecular weight is 614 g/mol. The standard InChI is InChI=1S/C34H31N9O3/c1-45-31-17-26(29(18-32(31)46-2)38-34(44)30-20-36-27-5-3-4-6-28(27)37-30)33-39-41-43(40-33)25-9-7-22(8-10-25)12-15-42-16-13-23-19-35-14-11-24(23)21-42/h3-11,14,17-20H,12-13,15-16,21H2,1-2H3,(H,38,44). The molecule has 12 nitrogen and oxygen atoms in total. The summed E-state index contributed by atoms with van der Waals surface area (Å²) in [6, 6.07) is 21.0. The highest BCUT2D eigenvalue weighted by atomic mass is 16.5. The van der Waals surface area contributed by atoms with E-state index in [-0.39, 0.29) is 5.69 Å². The minimum absolute atomic E-state index is 0.165. The van der Waals surface area contributed by atoms with E-state index in [9.17, 15) is 4.79 Å². The summed E-state index contributed by atoms with van der Waals surface area (Å²) >= 11 is 0. The molecule has 12 heteroatoms. The molecule has 0 aliphatic carbocycles. The monoisotopic (exact) mass is 613 g/mol. The number of hydrogen-bond acceptors (Lipinski definition) is 10. The fraction of sp³-hybridized carbons (Fsp3) is 0.206. The van der Waals surface area contributed by atoms with E-state index in [2.05, 4.69) is 58.8 Å². The highest BCUT2D eigenvalue weighted by Crippen LogP contribution is 2.38. The van der Waals surface area contributed by atoms with Gasteiger partial charge in [-0.1, -0.05) is 24.3 Å². The van der Waals surface area contributed by atoms with Crippen molar-refractivity contribution in [3.8, 4) is 28.6 Å². The number of carbonyl (C=O) groups excluding carboxylic acids is 1. The maximum absolute atomic E-state index is 13.3. The van der Waals surface area contributed by atoms with Crippen LogP contribution in [0, 0.1) is 0 Å². The Bertz CT molecular complexity index is 2030. The van der Waals surface area contributed by atoms with Gasteiger partial charge in [0, 0.05) is 38.1 Å². The zero-order chi connectivity index (χ0) is 31.5. The van der Waals surface area contributed by atoms with Crippen LogP contribution < -0.4 is 14.8 Å². The molecule has 0 atom stereocenters. The van der Waals surface area contributed by atoms with Crippen LogP contribution in [-0.2, 0) is 19.4 Å². The first-order chi connectivity index (χ1) is 22.6. The van der Waals surface area contributed by atoms with Crippen LogP contribution in [0.15, 0.2) is 85.3 Å². The van der Waals surface area contributed by atoms with Crippen LogP contribution in [0.2, 0.25) is 0 Å². The Morgan fingerprint density at radius 2 is 1.74 bits per heavy atom. The third-order valence-electron chi connectivity index (χ3n) is 8.09. The molecule has 1 aliphatic rings. The number of methoxy groups -OCH3 is 2. The van der Waals surface area contributed by atoms with Crippen molar-refractivity contribution in [2.24, 2.45) is 0 Å². The van der Waals surface area contributed by atoms with E-state index >= 15 is 0 Å². The molecule has 0 bridgehead atoms. The molecule has 4 heterocycles. The van der Waals surface area contributed by atoms with Gasteiger partial charge in [0.25, 0.3) is 5.91 Å². The van der Waals surface area contributed by atoms with Crippen molar-refractivity contribution in [3.05, 3.63) is 108 Å². The SMILES string of the molecule is COc1cc(NC(=O)c2cnc3ccccc3n2)c(-c2nnn(-c3ccc(CCN4CCc5cnccc5C4)cc3)n2)cc1OC. The first-order valence-electron chi connectivity index (χ1n) is 14.9. The zero-order valence-corrected chi connectivity index (χ0v) is 25.4. The topological polar surface area (TPSA) is 133 Å². The number of nitrogens with one attached hydrogen (secondary N) is 1. The Kier molecular flexibility index (Phi) is 8.00. The second-order valence-corrected chi connectivity index (χ2v) is 10.9. The molecule has 0 fully saturated rings. The maximum atomic E-state index is 13.3. The summed E-state index contributed by atoms with van der Waals surface area (Å²) in [4.78, 5) is 30.3. The predicted molar refractivity (Wildman–Crippen MR) is 172 cm³/mol. The van der Waals surface area contributed by atoms with Crippen LogP contribution in [0.3, 0.4) is 0 Å². The second kappa shape index (κ2) is 12.7. The molecule has 0 radical (unpaired) electrons. The molecular formula is C34H31N9O3. The molecule has 230 valence electrons. The number of anilines is 1. The van der Waals surface area contributed by atoms with E-state index in [1.165, 1.54) is 41.9 Å². The molecule has 0 saturated carbocycles. The van der Waals surface area contributed by atoms with Crippen LogP contribution in [0.4, 0.5) is 5.69 Å². The second-order valence-electron chi connectivity index (χ2n) is 10.9. The van der Waals surface area contributed by atoms with Gasteiger partial charge in [-0.05, 0) is 71.1 Å². The van der Waals surface area contributed by atoms with Gasteiger partial charge >= 0.3 is 0 Å². The third kappa shape index (κ3) is 5.97. The molecule has 3 aromatic heterocycles. The lowest BCUT2D eigenvalue weighted by Gasteiger charge is -2.28. The third-order valence-corrected chi connectivity index (χ3v) is 8.09. The summed E-state index contributed by atoms with van der Waals surface area (Å²) in [5.41, 5.74) is 7.10. The largest absolute Gasteiger partial charge is 0.493 e. The van der Waals surface area contributed by atoms with Crippen LogP contribution in [0.5, 0.6) is 11.5 Å². The van der Waals surface area contributed by atoms with E-state index in [1.54, 1.807) is 12.1 Å².